The van der Waals surface area contributed by atoms with Crippen LogP contribution < -0.4 is 10.6 Å². The molecule has 1 aliphatic heterocycles. The van der Waals surface area contributed by atoms with Gasteiger partial charge in [0, 0.05) is 52.4 Å². The molecule has 1 rings (SSSR count). The van der Waals surface area contributed by atoms with Crippen LogP contribution in [0.4, 0.5) is 4.79 Å². The van der Waals surface area contributed by atoms with Gasteiger partial charge in [0.25, 0.3) is 0 Å². The summed E-state index contributed by atoms with van der Waals surface area (Å²) in [5.41, 5.74) is -0.477. The molecule has 0 bridgehead atoms. The lowest BCUT2D eigenvalue weighted by atomic mass is 10.2. The minimum atomic E-state index is -0.477. The third-order valence-corrected chi connectivity index (χ3v) is 4.06. The summed E-state index contributed by atoms with van der Waals surface area (Å²) in [6, 6.07) is 0. The van der Waals surface area contributed by atoms with Gasteiger partial charge >= 0.3 is 6.09 Å². The minimum absolute atomic E-state index is 0.278. The molecule has 0 radical (unpaired) electrons. The Morgan fingerprint density at radius 2 is 1.93 bits per heavy atom. The van der Waals surface area contributed by atoms with Gasteiger partial charge in [0.1, 0.15) is 5.60 Å². The van der Waals surface area contributed by atoms with E-state index >= 15 is 0 Å². The zero-order valence-corrected chi connectivity index (χ0v) is 17.8. The number of guanidine groups is 1. The second-order valence-corrected chi connectivity index (χ2v) is 7.56. The smallest absolute Gasteiger partial charge is 0.410 e. The average Bonchev–Trinajstić information content (AvgIpc) is 2.61. The third-order valence-electron chi connectivity index (χ3n) is 4.06. The predicted octanol–water partition coefficient (Wildman–Crippen LogP) is 1.52. The van der Waals surface area contributed by atoms with E-state index in [2.05, 4.69) is 20.5 Å². The molecule has 0 aromatic carbocycles. The van der Waals surface area contributed by atoms with Crippen LogP contribution in [0.25, 0.3) is 0 Å². The van der Waals surface area contributed by atoms with Gasteiger partial charge in [-0.1, -0.05) is 0 Å². The van der Waals surface area contributed by atoms with Crippen molar-refractivity contribution in [3.63, 3.8) is 0 Å². The Hall–Kier alpha value is -1.54. The first-order valence-electron chi connectivity index (χ1n) is 10.2. The van der Waals surface area contributed by atoms with Gasteiger partial charge in [0.15, 0.2) is 5.96 Å². The first-order valence-corrected chi connectivity index (χ1v) is 10.2. The number of likely N-dealkylation sites (N-methyl/N-ethyl adjacent to an activating group) is 1. The van der Waals surface area contributed by atoms with E-state index in [0.29, 0.717) is 19.6 Å². The maximum atomic E-state index is 12.2. The molecule has 0 unspecified atom stereocenters. The van der Waals surface area contributed by atoms with Crippen molar-refractivity contribution in [2.24, 2.45) is 4.99 Å². The summed E-state index contributed by atoms with van der Waals surface area (Å²) in [4.78, 5) is 20.9. The Morgan fingerprint density at radius 1 is 1.22 bits per heavy atom. The molecule has 0 aromatic rings. The lowest BCUT2D eigenvalue weighted by Crippen LogP contribution is -2.44. The van der Waals surface area contributed by atoms with Crippen molar-refractivity contribution in [3.8, 4) is 0 Å². The van der Waals surface area contributed by atoms with E-state index in [4.69, 9.17) is 9.47 Å². The zero-order valence-electron chi connectivity index (χ0n) is 17.8. The number of carbonyl (C=O) groups excluding carboxylic acids is 1. The molecule has 0 atom stereocenters. The number of morpholine rings is 1. The SMILES string of the molecule is CCNC(=NCCCN1CCOCC1)NCCN(CC)C(=O)OC(C)(C)C. The van der Waals surface area contributed by atoms with Gasteiger partial charge in [0.2, 0.25) is 0 Å². The van der Waals surface area contributed by atoms with Crippen LogP contribution in [0.2, 0.25) is 0 Å². The lowest BCUT2D eigenvalue weighted by molar-refractivity contribution is 0.0264. The zero-order chi connectivity index (χ0) is 20.1. The molecule has 2 N–H and O–H groups in total. The fourth-order valence-electron chi connectivity index (χ4n) is 2.67. The second-order valence-electron chi connectivity index (χ2n) is 7.56. The molecule has 8 nitrogen and oxygen atoms in total. The van der Waals surface area contributed by atoms with E-state index in [0.717, 1.165) is 58.3 Å². The van der Waals surface area contributed by atoms with Crippen molar-refractivity contribution in [3.05, 3.63) is 0 Å². The molecule has 0 saturated carbocycles. The highest BCUT2D eigenvalue weighted by molar-refractivity contribution is 5.79. The van der Waals surface area contributed by atoms with E-state index in [9.17, 15) is 4.79 Å². The molecule has 0 spiro atoms. The highest BCUT2D eigenvalue weighted by Crippen LogP contribution is 2.09. The highest BCUT2D eigenvalue weighted by Gasteiger charge is 2.20. The Kier molecular flexibility index (Phi) is 11.1. The fraction of sp³-hybridized carbons (Fsp3) is 0.895. The standard InChI is InChI=1S/C19H39N5O3/c1-6-20-17(21-9-8-11-23-13-15-26-16-14-23)22-10-12-24(7-2)18(25)27-19(3,4)5/h6-16H2,1-5H3,(H2,20,21,22). The normalized spacial score (nSPS) is 16.1. The van der Waals surface area contributed by atoms with Crippen LogP contribution in [0, 0.1) is 0 Å². The van der Waals surface area contributed by atoms with Crippen LogP contribution in [0.15, 0.2) is 4.99 Å². The van der Waals surface area contributed by atoms with Gasteiger partial charge in [-0.05, 0) is 41.0 Å². The van der Waals surface area contributed by atoms with Crippen molar-refractivity contribution >= 4 is 12.1 Å². The van der Waals surface area contributed by atoms with Crippen molar-refractivity contribution in [2.75, 3.05) is 65.6 Å². The van der Waals surface area contributed by atoms with Crippen LogP contribution in [-0.2, 0) is 9.47 Å². The molecule has 1 fully saturated rings. The number of aliphatic imine (C=N–C) groups is 1. The van der Waals surface area contributed by atoms with Crippen LogP contribution in [-0.4, -0.2) is 93.0 Å². The molecule has 8 heteroatoms. The maximum Gasteiger partial charge on any atom is 0.410 e. The van der Waals surface area contributed by atoms with E-state index in [1.165, 1.54) is 0 Å². The maximum absolute atomic E-state index is 12.2. The van der Waals surface area contributed by atoms with E-state index in [1.807, 2.05) is 34.6 Å². The topological polar surface area (TPSA) is 78.4 Å². The van der Waals surface area contributed by atoms with Gasteiger partial charge in [-0.2, -0.15) is 0 Å². The Bertz CT molecular complexity index is 445. The van der Waals surface area contributed by atoms with Crippen LogP contribution >= 0.6 is 0 Å². The molecule has 158 valence electrons. The first kappa shape index (κ1) is 23.5. The summed E-state index contributed by atoms with van der Waals surface area (Å²) in [6.07, 6.45) is 0.745. The van der Waals surface area contributed by atoms with Crippen molar-refractivity contribution in [1.82, 2.24) is 20.4 Å². The first-order chi connectivity index (χ1) is 12.9. The quantitative estimate of drug-likeness (QED) is 0.356. The summed E-state index contributed by atoms with van der Waals surface area (Å²) in [5, 5.41) is 6.55. The van der Waals surface area contributed by atoms with Gasteiger partial charge in [-0.25, -0.2) is 4.79 Å². The van der Waals surface area contributed by atoms with Crippen molar-refractivity contribution < 1.29 is 14.3 Å². The van der Waals surface area contributed by atoms with Crippen molar-refractivity contribution in [2.45, 2.75) is 46.6 Å². The Balaban J connectivity index is 2.33. The number of hydrogen-bond donors (Lipinski definition) is 2. The Labute approximate surface area is 164 Å². The molecule has 0 aliphatic carbocycles. The summed E-state index contributed by atoms with van der Waals surface area (Å²) in [5.74, 6) is 0.791. The monoisotopic (exact) mass is 385 g/mol. The number of hydrogen-bond acceptors (Lipinski definition) is 5. The number of rotatable bonds is 9. The number of carbonyl (C=O) groups is 1. The molecule has 1 heterocycles. The van der Waals surface area contributed by atoms with Gasteiger partial charge in [0.05, 0.1) is 13.2 Å². The predicted molar refractivity (Wildman–Crippen MR) is 109 cm³/mol. The van der Waals surface area contributed by atoms with Gasteiger partial charge < -0.3 is 25.0 Å². The third kappa shape index (κ3) is 11.0. The largest absolute Gasteiger partial charge is 0.444 e. The number of nitrogens with one attached hydrogen (secondary N) is 2. The average molecular weight is 386 g/mol. The molecule has 1 aliphatic rings. The van der Waals surface area contributed by atoms with E-state index in [1.54, 1.807) is 4.90 Å². The number of ether oxygens (including phenoxy) is 2. The van der Waals surface area contributed by atoms with Crippen LogP contribution in [0.1, 0.15) is 41.0 Å². The molecule has 1 saturated heterocycles. The fourth-order valence-corrected chi connectivity index (χ4v) is 2.67. The van der Waals surface area contributed by atoms with E-state index in [-0.39, 0.29) is 6.09 Å². The van der Waals surface area contributed by atoms with Gasteiger partial charge in [-0.3, -0.25) is 9.89 Å². The summed E-state index contributed by atoms with van der Waals surface area (Å²) in [7, 11) is 0. The summed E-state index contributed by atoms with van der Waals surface area (Å²) >= 11 is 0. The van der Waals surface area contributed by atoms with Crippen molar-refractivity contribution in [1.29, 1.82) is 0 Å². The molecule has 1 amide bonds. The van der Waals surface area contributed by atoms with Crippen LogP contribution in [0.3, 0.4) is 0 Å². The van der Waals surface area contributed by atoms with Gasteiger partial charge in [-0.15, -0.1) is 0 Å². The Morgan fingerprint density at radius 3 is 2.52 bits per heavy atom. The molecular weight excluding hydrogens is 346 g/mol. The molecular formula is C19H39N5O3. The number of amides is 1. The second kappa shape index (κ2) is 12.8. The lowest BCUT2D eigenvalue weighted by Gasteiger charge is -2.27. The number of nitrogens with zero attached hydrogens (tertiary/aromatic N) is 3. The summed E-state index contributed by atoms with van der Waals surface area (Å²) in [6.45, 7) is 17.8. The minimum Gasteiger partial charge on any atom is -0.444 e. The van der Waals surface area contributed by atoms with E-state index < -0.39 is 5.60 Å². The molecule has 27 heavy (non-hydrogen) atoms. The molecule has 0 aromatic heterocycles. The van der Waals surface area contributed by atoms with Crippen LogP contribution in [0.5, 0.6) is 0 Å². The summed E-state index contributed by atoms with van der Waals surface area (Å²) < 4.78 is 10.8. The highest BCUT2D eigenvalue weighted by atomic mass is 16.6.